The van der Waals surface area contributed by atoms with Gasteiger partial charge in [-0.2, -0.15) is 0 Å². The normalized spacial score (nSPS) is 28.0. The van der Waals surface area contributed by atoms with Gasteiger partial charge in [0, 0.05) is 48.6 Å². The number of nitrogens with zero attached hydrogens (tertiary/aromatic N) is 2. The van der Waals surface area contributed by atoms with Crippen molar-refractivity contribution in [2.45, 2.75) is 152 Å². The van der Waals surface area contributed by atoms with E-state index in [1.54, 1.807) is 53.6 Å². The van der Waals surface area contributed by atoms with Crippen LogP contribution in [-0.2, 0) is 52.3 Å². The predicted molar refractivity (Wildman–Crippen MR) is 289 cm³/mol. The smallest absolute Gasteiger partial charge is 0.338 e. The van der Waals surface area contributed by atoms with Crippen molar-refractivity contribution >= 4 is 71.0 Å². The Bertz CT molecular complexity index is 2300. The van der Waals surface area contributed by atoms with Crippen LogP contribution >= 0.6 is 35.9 Å². The van der Waals surface area contributed by atoms with E-state index in [0.717, 1.165) is 21.2 Å². The second-order valence-corrected chi connectivity index (χ2v) is 23.1. The molecule has 2 aromatic carbocycles. The van der Waals surface area contributed by atoms with Crippen molar-refractivity contribution in [2.75, 3.05) is 48.6 Å². The molecule has 5 aliphatic rings. The largest absolute Gasteiger partial charge is 0.454 e. The Morgan fingerprint density at radius 2 is 1.29 bits per heavy atom. The Hall–Kier alpha value is -4.05. The number of hydrogen-bond donors (Lipinski definition) is 3. The van der Waals surface area contributed by atoms with Crippen LogP contribution < -0.4 is 20.9 Å². The molecule has 16 nitrogen and oxygen atoms in total. The number of thioether (sulfide) groups is 2. The number of halogens is 1. The number of nitrogens with two attached hydrogens (primary N) is 1. The number of rotatable bonds is 11. The Kier molecular flexibility index (Phi) is 22.0. The first-order valence-corrected chi connectivity index (χ1v) is 26.1. The van der Waals surface area contributed by atoms with E-state index in [1.165, 1.54) is 26.0 Å². The number of amides is 3. The second kappa shape index (κ2) is 26.1. The molecule has 0 saturated carbocycles. The third-order valence-electron chi connectivity index (χ3n) is 11.6. The quantitative estimate of drug-likeness (QED) is 0.149. The summed E-state index contributed by atoms with van der Waals surface area (Å²) in [4.78, 5) is 56.1. The number of esters is 1. The zero-order valence-corrected chi connectivity index (χ0v) is 46.7. The summed E-state index contributed by atoms with van der Waals surface area (Å²) in [5.41, 5.74) is 7.46. The molecule has 0 bridgehead atoms. The zero-order valence-electron chi connectivity index (χ0n) is 44.2. The molecule has 404 valence electrons. The van der Waals surface area contributed by atoms with E-state index in [4.69, 9.17) is 38.9 Å². The first-order valence-electron chi connectivity index (χ1n) is 24.1. The van der Waals surface area contributed by atoms with Gasteiger partial charge in [0.05, 0.1) is 17.4 Å². The number of fused-ring (bicyclic) bond motifs is 3. The standard InChI is InChI=1S/C27H38N2O6S.C15H24O5.C12H14N2OS.ClH/c1-8-15-29-18-11-9-10-12-20(18)36-16-17(25(29)32)28-24(31)23(33-7)22-21(30)19(13-14-26(2,3)4)34-27(5,6)35-22;1-14(2,3)8-7-9-10-11(20-15(4,5)19-9)12(17-6)13(16)18-10;1-2-7-14-10-5-3-4-6-11(10)16-8-9(13)12(14)15;/h8-14,17,19,21-23,30H,1,15-16H2,2-7H3,(H,28,31);7-12H,1-6H3;2-6,9H,1,7-8,13H2;1H/b14-13+;8-7+;;/t17?,19-,21+,22-,23-;9-,10+,11-,12-;;/m11../s1. The molecule has 0 radical (unpaired) electrons. The zero-order chi connectivity index (χ0) is 53.3. The number of hydrogen-bond acceptors (Lipinski definition) is 15. The van der Waals surface area contributed by atoms with Crippen LogP contribution in [0.3, 0.4) is 0 Å². The number of anilines is 2. The molecule has 2 unspecified atom stereocenters. The maximum Gasteiger partial charge on any atom is 0.338 e. The molecule has 3 amide bonds. The molecule has 3 fully saturated rings. The summed E-state index contributed by atoms with van der Waals surface area (Å²) >= 11 is 3.12. The minimum atomic E-state index is -1.16. The second-order valence-electron chi connectivity index (χ2n) is 21.0. The summed E-state index contributed by atoms with van der Waals surface area (Å²) in [6, 6.07) is 14.3. The summed E-state index contributed by atoms with van der Waals surface area (Å²) in [7, 11) is 2.87. The lowest BCUT2D eigenvalue weighted by Crippen LogP contribution is -2.62. The molecule has 73 heavy (non-hydrogen) atoms. The number of allylic oxidation sites excluding steroid dienone is 2. The monoisotopic (exact) mass is 1070 g/mol. The minimum absolute atomic E-state index is 0. The van der Waals surface area contributed by atoms with Crippen molar-refractivity contribution in [1.29, 1.82) is 0 Å². The van der Waals surface area contributed by atoms with Crippen LogP contribution in [0.25, 0.3) is 0 Å². The molecule has 4 N–H and O–H groups in total. The van der Waals surface area contributed by atoms with E-state index in [-0.39, 0.29) is 41.2 Å². The maximum absolute atomic E-state index is 13.4. The van der Waals surface area contributed by atoms with Crippen LogP contribution in [0.1, 0.15) is 69.2 Å². The summed E-state index contributed by atoms with van der Waals surface area (Å²) in [6.07, 6.45) is 5.19. The van der Waals surface area contributed by atoms with Gasteiger partial charge in [-0.1, -0.05) is 102 Å². The third-order valence-corrected chi connectivity index (χ3v) is 14.0. The number of aliphatic hydroxyl groups is 1. The molecule has 3 saturated heterocycles. The van der Waals surface area contributed by atoms with Gasteiger partial charge in [-0.3, -0.25) is 14.4 Å². The summed E-state index contributed by atoms with van der Waals surface area (Å²) < 4.78 is 39.7. The molecule has 0 spiro atoms. The first kappa shape index (κ1) is 61.5. The van der Waals surface area contributed by atoms with Gasteiger partial charge in [0.15, 0.2) is 29.9 Å². The number of nitrogens with one attached hydrogen (secondary N) is 1. The van der Waals surface area contributed by atoms with Crippen LogP contribution in [0.2, 0.25) is 0 Å². The molecule has 0 aromatic heterocycles. The highest BCUT2D eigenvalue weighted by Gasteiger charge is 2.55. The molecule has 2 aromatic rings. The number of para-hydroxylation sites is 2. The van der Waals surface area contributed by atoms with Crippen LogP contribution in [0.4, 0.5) is 11.4 Å². The first-order chi connectivity index (χ1) is 33.7. The summed E-state index contributed by atoms with van der Waals surface area (Å²) in [5.74, 6) is -2.07. The molecular formula is C54H77ClN4O12S2. The Balaban J connectivity index is 0.000000262. The fourth-order valence-electron chi connectivity index (χ4n) is 8.37. The van der Waals surface area contributed by atoms with E-state index < -0.39 is 78.3 Å². The van der Waals surface area contributed by atoms with Gasteiger partial charge in [0.25, 0.3) is 11.8 Å². The van der Waals surface area contributed by atoms with Crippen LogP contribution in [-0.4, -0.2) is 140 Å². The SMILES string of the molecule is C=CCN1C(=O)C(N)CSc2ccccc21.C=CCN1C(=O)C(NC(=O)[C@H](OC)[C@@H]2OC(C)(C)O[C@H](/C=C/C(C)(C)C)[C@@H]2O)CSc2ccccc21.CO[C@H]1C(=O)O[C@@H]2[C@H]1OC(C)(C)O[C@@H]2/C=C/C(C)(C)C.Cl. The van der Waals surface area contributed by atoms with Crippen molar-refractivity contribution < 1.29 is 57.4 Å². The summed E-state index contributed by atoms with van der Waals surface area (Å²) in [6.45, 7) is 27.8. The molecular weight excluding hydrogens is 996 g/mol. The van der Waals surface area contributed by atoms with E-state index in [9.17, 15) is 24.3 Å². The van der Waals surface area contributed by atoms with Gasteiger partial charge in [-0.15, -0.1) is 49.1 Å². The predicted octanol–water partition coefficient (Wildman–Crippen LogP) is 7.40. The number of carbonyl (C=O) groups is 4. The average Bonchev–Trinajstić information content (AvgIpc) is 3.49. The number of methoxy groups -OCH3 is 2. The van der Waals surface area contributed by atoms with Gasteiger partial charge in [-0.05, 0) is 62.8 Å². The average molecular weight is 1070 g/mol. The highest BCUT2D eigenvalue weighted by atomic mass is 35.5. The highest BCUT2D eigenvalue weighted by Crippen LogP contribution is 2.38. The van der Waals surface area contributed by atoms with Crippen molar-refractivity contribution in [3.63, 3.8) is 0 Å². The number of ether oxygens (including phenoxy) is 7. The van der Waals surface area contributed by atoms with Crippen LogP contribution in [0.5, 0.6) is 0 Å². The summed E-state index contributed by atoms with van der Waals surface area (Å²) in [5, 5.41) is 13.9. The van der Waals surface area contributed by atoms with Crippen molar-refractivity contribution in [1.82, 2.24) is 5.32 Å². The number of carbonyl (C=O) groups excluding carboxylic acids is 4. The fourth-order valence-corrected chi connectivity index (χ4v) is 10.4. The molecule has 19 heteroatoms. The lowest BCUT2D eigenvalue weighted by Gasteiger charge is -2.45. The van der Waals surface area contributed by atoms with E-state index in [1.807, 2.05) is 95.3 Å². The Labute approximate surface area is 446 Å². The van der Waals surface area contributed by atoms with E-state index in [2.05, 4.69) is 45.3 Å². The number of benzene rings is 2. The molecule has 5 aliphatic heterocycles. The Morgan fingerprint density at radius 1 is 0.795 bits per heavy atom. The van der Waals surface area contributed by atoms with Gasteiger partial charge >= 0.3 is 5.97 Å². The van der Waals surface area contributed by atoms with E-state index >= 15 is 0 Å². The van der Waals surface area contributed by atoms with Gasteiger partial charge in [0.2, 0.25) is 5.91 Å². The molecule has 7 rings (SSSR count). The fraction of sp³-hybridized carbons (Fsp3) is 0.556. The Morgan fingerprint density at radius 3 is 1.81 bits per heavy atom. The van der Waals surface area contributed by atoms with Crippen LogP contribution in [0.15, 0.2) is 108 Å². The van der Waals surface area contributed by atoms with Gasteiger partial charge in [-0.25, -0.2) is 4.79 Å². The van der Waals surface area contributed by atoms with E-state index in [0.29, 0.717) is 24.6 Å². The number of aliphatic hydroxyl groups excluding tert-OH is 1. The van der Waals surface area contributed by atoms with Crippen molar-refractivity contribution in [3.8, 4) is 0 Å². The topological polar surface area (TPSA) is 198 Å². The highest BCUT2D eigenvalue weighted by molar-refractivity contribution is 7.99. The third kappa shape index (κ3) is 16.5. The maximum atomic E-state index is 13.4. The molecule has 0 aliphatic carbocycles. The lowest BCUT2D eigenvalue weighted by molar-refractivity contribution is -0.334. The molecule has 10 atom stereocenters. The van der Waals surface area contributed by atoms with Crippen molar-refractivity contribution in [2.24, 2.45) is 16.6 Å². The molecule has 5 heterocycles. The van der Waals surface area contributed by atoms with Crippen molar-refractivity contribution in [3.05, 3.63) is 98.1 Å². The van der Waals surface area contributed by atoms with Gasteiger partial charge < -0.3 is 59.1 Å². The lowest BCUT2D eigenvalue weighted by atomic mass is 9.93. The van der Waals surface area contributed by atoms with Gasteiger partial charge in [0.1, 0.15) is 36.6 Å². The minimum Gasteiger partial charge on any atom is -0.454 e. The van der Waals surface area contributed by atoms with Crippen LogP contribution in [0, 0.1) is 10.8 Å².